The predicted molar refractivity (Wildman–Crippen MR) is 72.9 cm³/mol. The quantitative estimate of drug-likeness (QED) is 0.638. The predicted octanol–water partition coefficient (Wildman–Crippen LogP) is -0.0527. The number of ether oxygens (including phenoxy) is 1. The van der Waals surface area contributed by atoms with Crippen molar-refractivity contribution in [3.8, 4) is 0 Å². The molecule has 2 aliphatic rings. The second-order valence-corrected chi connectivity index (χ2v) is 5.60. The number of amides is 2. The fourth-order valence-corrected chi connectivity index (χ4v) is 2.57. The van der Waals surface area contributed by atoms with E-state index in [1.165, 1.54) is 0 Å². The topological polar surface area (TPSA) is 87.7 Å². The largest absolute Gasteiger partial charge is 0.394 e. The van der Waals surface area contributed by atoms with Gasteiger partial charge in [-0.05, 0) is 32.6 Å². The molecule has 0 bridgehead atoms. The molecule has 6 heteroatoms. The zero-order valence-corrected chi connectivity index (χ0v) is 11.9. The van der Waals surface area contributed by atoms with Crippen LogP contribution >= 0.6 is 0 Å². The SMILES string of the molecule is CCNC(=O)C[C@@H]1CC[C@@H](NC(=O)C2CC2)[C@H](CO)O1. The number of aliphatic hydroxyl groups excluding tert-OH is 1. The lowest BCUT2D eigenvalue weighted by Crippen LogP contribution is -2.51. The summed E-state index contributed by atoms with van der Waals surface area (Å²) in [5.74, 6) is 0.191. The highest BCUT2D eigenvalue weighted by Crippen LogP contribution is 2.30. The van der Waals surface area contributed by atoms with Gasteiger partial charge in [0.2, 0.25) is 11.8 Å². The maximum Gasteiger partial charge on any atom is 0.223 e. The van der Waals surface area contributed by atoms with E-state index in [-0.39, 0.29) is 36.5 Å². The van der Waals surface area contributed by atoms with E-state index in [0.29, 0.717) is 13.0 Å². The minimum atomic E-state index is -0.411. The smallest absolute Gasteiger partial charge is 0.223 e. The van der Waals surface area contributed by atoms with Gasteiger partial charge in [-0.1, -0.05) is 0 Å². The molecule has 2 fully saturated rings. The van der Waals surface area contributed by atoms with Crippen LogP contribution in [0.2, 0.25) is 0 Å². The average Bonchev–Trinajstić information content (AvgIpc) is 3.25. The molecule has 20 heavy (non-hydrogen) atoms. The molecule has 2 rings (SSSR count). The Bertz CT molecular complexity index is 357. The Morgan fingerprint density at radius 3 is 2.60 bits per heavy atom. The van der Waals surface area contributed by atoms with Crippen molar-refractivity contribution in [2.24, 2.45) is 5.92 Å². The first-order valence-corrected chi connectivity index (χ1v) is 7.47. The van der Waals surface area contributed by atoms with Crippen LogP contribution in [0, 0.1) is 5.92 Å². The molecule has 0 radical (unpaired) electrons. The van der Waals surface area contributed by atoms with Gasteiger partial charge < -0.3 is 20.5 Å². The number of nitrogens with one attached hydrogen (secondary N) is 2. The maximum atomic E-state index is 11.8. The molecule has 0 aromatic carbocycles. The van der Waals surface area contributed by atoms with Gasteiger partial charge >= 0.3 is 0 Å². The van der Waals surface area contributed by atoms with Gasteiger partial charge in [0.1, 0.15) is 6.10 Å². The normalized spacial score (nSPS) is 29.8. The first-order valence-electron chi connectivity index (χ1n) is 7.47. The minimum Gasteiger partial charge on any atom is -0.394 e. The van der Waals surface area contributed by atoms with Crippen LogP contribution in [0.1, 0.15) is 39.0 Å². The zero-order valence-electron chi connectivity index (χ0n) is 11.9. The monoisotopic (exact) mass is 284 g/mol. The molecular weight excluding hydrogens is 260 g/mol. The minimum absolute atomic E-state index is 0.0327. The number of rotatable bonds is 6. The van der Waals surface area contributed by atoms with Gasteiger partial charge in [-0.15, -0.1) is 0 Å². The first-order chi connectivity index (χ1) is 9.63. The first kappa shape index (κ1) is 15.3. The summed E-state index contributed by atoms with van der Waals surface area (Å²) < 4.78 is 5.74. The van der Waals surface area contributed by atoms with Crippen LogP contribution in [-0.2, 0) is 14.3 Å². The van der Waals surface area contributed by atoms with Crippen molar-refractivity contribution < 1.29 is 19.4 Å². The second kappa shape index (κ2) is 7.04. The van der Waals surface area contributed by atoms with Gasteiger partial charge in [0.05, 0.1) is 25.2 Å². The van der Waals surface area contributed by atoms with Crippen molar-refractivity contribution in [2.45, 2.75) is 57.3 Å². The summed E-state index contributed by atoms with van der Waals surface area (Å²) in [6.45, 7) is 2.34. The molecule has 0 aromatic rings. The van der Waals surface area contributed by atoms with Gasteiger partial charge in [-0.2, -0.15) is 0 Å². The highest BCUT2D eigenvalue weighted by atomic mass is 16.5. The lowest BCUT2D eigenvalue weighted by atomic mass is 9.96. The van der Waals surface area contributed by atoms with Crippen LogP contribution in [0.15, 0.2) is 0 Å². The van der Waals surface area contributed by atoms with Crippen molar-refractivity contribution in [3.05, 3.63) is 0 Å². The van der Waals surface area contributed by atoms with Crippen LogP contribution in [0.25, 0.3) is 0 Å². The van der Waals surface area contributed by atoms with Crippen LogP contribution in [0.4, 0.5) is 0 Å². The fraction of sp³-hybridized carbons (Fsp3) is 0.857. The Morgan fingerprint density at radius 2 is 2.00 bits per heavy atom. The molecule has 6 nitrogen and oxygen atoms in total. The van der Waals surface area contributed by atoms with E-state index in [1.54, 1.807) is 0 Å². The van der Waals surface area contributed by atoms with E-state index in [4.69, 9.17) is 4.74 Å². The molecule has 0 unspecified atom stereocenters. The molecule has 3 atom stereocenters. The van der Waals surface area contributed by atoms with E-state index >= 15 is 0 Å². The number of carbonyl (C=O) groups excluding carboxylic acids is 2. The third-order valence-electron chi connectivity index (χ3n) is 3.86. The molecular formula is C14H24N2O4. The third kappa shape index (κ3) is 4.18. The molecule has 114 valence electrons. The number of hydrogen-bond acceptors (Lipinski definition) is 4. The Morgan fingerprint density at radius 1 is 1.25 bits per heavy atom. The lowest BCUT2D eigenvalue weighted by Gasteiger charge is -2.36. The molecule has 1 heterocycles. The highest BCUT2D eigenvalue weighted by Gasteiger charge is 2.36. The van der Waals surface area contributed by atoms with Crippen molar-refractivity contribution >= 4 is 11.8 Å². The molecule has 1 aliphatic heterocycles. The van der Waals surface area contributed by atoms with Gasteiger partial charge in [-0.3, -0.25) is 9.59 Å². The fourth-order valence-electron chi connectivity index (χ4n) is 2.57. The summed E-state index contributed by atoms with van der Waals surface area (Å²) in [4.78, 5) is 23.3. The molecule has 1 saturated heterocycles. The van der Waals surface area contributed by atoms with Crippen molar-refractivity contribution in [2.75, 3.05) is 13.2 Å². The van der Waals surface area contributed by atoms with Crippen molar-refractivity contribution in [1.82, 2.24) is 10.6 Å². The molecule has 0 aromatic heterocycles. The lowest BCUT2D eigenvalue weighted by molar-refractivity contribution is -0.136. The molecule has 1 saturated carbocycles. The Kier molecular flexibility index (Phi) is 5.37. The summed E-state index contributed by atoms with van der Waals surface area (Å²) >= 11 is 0. The Labute approximate surface area is 119 Å². The highest BCUT2D eigenvalue weighted by molar-refractivity contribution is 5.81. The summed E-state index contributed by atoms with van der Waals surface area (Å²) in [5.41, 5.74) is 0. The zero-order chi connectivity index (χ0) is 14.5. The summed E-state index contributed by atoms with van der Waals surface area (Å²) in [5, 5.41) is 15.1. The van der Waals surface area contributed by atoms with Crippen LogP contribution < -0.4 is 10.6 Å². The van der Waals surface area contributed by atoms with Gasteiger partial charge in [-0.25, -0.2) is 0 Å². The average molecular weight is 284 g/mol. The Hall–Kier alpha value is -1.14. The van der Waals surface area contributed by atoms with Crippen LogP contribution in [-0.4, -0.2) is 48.3 Å². The van der Waals surface area contributed by atoms with E-state index < -0.39 is 6.10 Å². The van der Waals surface area contributed by atoms with Crippen molar-refractivity contribution in [3.63, 3.8) is 0 Å². The molecule has 1 aliphatic carbocycles. The van der Waals surface area contributed by atoms with E-state index in [9.17, 15) is 14.7 Å². The molecule has 2 amide bonds. The summed E-state index contributed by atoms with van der Waals surface area (Å²) in [7, 11) is 0. The van der Waals surface area contributed by atoms with E-state index in [2.05, 4.69) is 10.6 Å². The van der Waals surface area contributed by atoms with Crippen LogP contribution in [0.5, 0.6) is 0 Å². The standard InChI is InChI=1S/C14H24N2O4/c1-2-15-13(18)7-10-5-6-11(12(8-17)20-10)16-14(19)9-3-4-9/h9-12,17H,2-8H2,1H3,(H,15,18)(H,16,19)/t10-,11+,12-/m0/s1. The van der Waals surface area contributed by atoms with E-state index in [0.717, 1.165) is 25.7 Å². The Balaban J connectivity index is 1.80. The number of aliphatic hydroxyl groups is 1. The maximum absolute atomic E-state index is 11.8. The number of hydrogen-bond donors (Lipinski definition) is 3. The number of carbonyl (C=O) groups is 2. The summed E-state index contributed by atoms with van der Waals surface area (Å²) in [6, 6.07) is -0.140. The van der Waals surface area contributed by atoms with Crippen LogP contribution in [0.3, 0.4) is 0 Å². The van der Waals surface area contributed by atoms with Gasteiger partial charge in [0.25, 0.3) is 0 Å². The van der Waals surface area contributed by atoms with Gasteiger partial charge in [0.15, 0.2) is 0 Å². The third-order valence-corrected chi connectivity index (χ3v) is 3.86. The summed E-state index contributed by atoms with van der Waals surface area (Å²) in [6.07, 6.45) is 3.12. The second-order valence-electron chi connectivity index (χ2n) is 5.60. The molecule has 0 spiro atoms. The van der Waals surface area contributed by atoms with Crippen molar-refractivity contribution in [1.29, 1.82) is 0 Å². The van der Waals surface area contributed by atoms with Gasteiger partial charge in [0, 0.05) is 12.5 Å². The molecule has 3 N–H and O–H groups in total. The van der Waals surface area contributed by atoms with E-state index in [1.807, 2.05) is 6.92 Å².